The highest BCUT2D eigenvalue weighted by atomic mass is 19.1. The van der Waals surface area contributed by atoms with E-state index in [4.69, 9.17) is 10.5 Å². The molecule has 0 aliphatic rings. The third kappa shape index (κ3) is 5.93. The Labute approximate surface area is 131 Å². The number of rotatable bonds is 9. The van der Waals surface area contributed by atoms with Gasteiger partial charge in [0.2, 0.25) is 0 Å². The molecule has 0 amide bonds. The Kier molecular flexibility index (Phi) is 7.03. The fourth-order valence-electron chi connectivity index (χ4n) is 2.20. The molecule has 0 saturated carbocycles. The summed E-state index contributed by atoms with van der Waals surface area (Å²) in [7, 11) is 0. The van der Waals surface area contributed by atoms with E-state index < -0.39 is 0 Å². The fourth-order valence-corrected chi connectivity index (χ4v) is 2.20. The molecule has 3 nitrogen and oxygen atoms in total. The van der Waals surface area contributed by atoms with Gasteiger partial charge >= 0.3 is 0 Å². The summed E-state index contributed by atoms with van der Waals surface area (Å²) in [5.74, 6) is -0.214. The Morgan fingerprint density at radius 2 is 1.73 bits per heavy atom. The second-order valence-corrected chi connectivity index (χ2v) is 5.28. The maximum atomic E-state index is 12.9. The molecule has 0 heterocycles. The first-order valence-corrected chi connectivity index (χ1v) is 7.57. The first kappa shape index (κ1) is 16.6. The average Bonchev–Trinajstić information content (AvgIpc) is 2.55. The van der Waals surface area contributed by atoms with Crippen LogP contribution in [0.25, 0.3) is 0 Å². The lowest BCUT2D eigenvalue weighted by Gasteiger charge is -2.18. The summed E-state index contributed by atoms with van der Waals surface area (Å²) in [6.07, 6.45) is 0.843. The number of hydrogen-bond donors (Lipinski definition) is 2. The van der Waals surface area contributed by atoms with Gasteiger partial charge in [-0.2, -0.15) is 0 Å². The molecule has 1 atom stereocenters. The van der Waals surface area contributed by atoms with Gasteiger partial charge in [-0.1, -0.05) is 42.5 Å². The van der Waals surface area contributed by atoms with Gasteiger partial charge in [0.15, 0.2) is 0 Å². The molecule has 22 heavy (non-hydrogen) atoms. The Balaban J connectivity index is 1.75. The molecule has 2 aromatic rings. The molecule has 118 valence electrons. The lowest BCUT2D eigenvalue weighted by Crippen LogP contribution is -2.35. The van der Waals surface area contributed by atoms with Crippen LogP contribution in [0.1, 0.15) is 17.5 Å². The summed E-state index contributed by atoms with van der Waals surface area (Å²) in [6, 6.07) is 16.8. The van der Waals surface area contributed by atoms with E-state index >= 15 is 0 Å². The van der Waals surface area contributed by atoms with Gasteiger partial charge in [0, 0.05) is 12.6 Å². The second kappa shape index (κ2) is 9.30. The van der Waals surface area contributed by atoms with Gasteiger partial charge in [-0.3, -0.25) is 0 Å². The minimum atomic E-state index is -0.214. The predicted octanol–water partition coefficient (Wildman–Crippen LogP) is 2.85. The lowest BCUT2D eigenvalue weighted by molar-refractivity contribution is 0.0963. The van der Waals surface area contributed by atoms with Crippen molar-refractivity contribution in [2.45, 2.75) is 25.6 Å². The molecule has 0 radical (unpaired) electrons. The minimum absolute atomic E-state index is 0.193. The zero-order chi connectivity index (χ0) is 15.6. The van der Waals surface area contributed by atoms with Crippen molar-refractivity contribution in [3.63, 3.8) is 0 Å². The van der Waals surface area contributed by atoms with Crippen LogP contribution < -0.4 is 11.1 Å². The van der Waals surface area contributed by atoms with E-state index in [0.29, 0.717) is 26.3 Å². The highest BCUT2D eigenvalue weighted by molar-refractivity contribution is 5.16. The number of benzene rings is 2. The standard InChI is InChI=1S/C18H23FN2O/c19-17-8-6-15(7-9-17)12-21-18(10-11-20)14-22-13-16-4-2-1-3-5-16/h1-9,18,21H,10-14,20H2. The monoisotopic (exact) mass is 302 g/mol. The fraction of sp³-hybridized carbons (Fsp3) is 0.333. The van der Waals surface area contributed by atoms with Crippen molar-refractivity contribution < 1.29 is 9.13 Å². The molecular weight excluding hydrogens is 279 g/mol. The van der Waals surface area contributed by atoms with Gasteiger partial charge < -0.3 is 15.8 Å². The summed E-state index contributed by atoms with van der Waals surface area (Å²) in [6.45, 7) is 2.49. The number of halogens is 1. The molecule has 2 rings (SSSR count). The average molecular weight is 302 g/mol. The van der Waals surface area contributed by atoms with E-state index in [-0.39, 0.29) is 11.9 Å². The zero-order valence-corrected chi connectivity index (χ0v) is 12.7. The number of hydrogen-bond acceptors (Lipinski definition) is 3. The van der Waals surface area contributed by atoms with Gasteiger partial charge in [-0.25, -0.2) is 4.39 Å². The first-order valence-electron chi connectivity index (χ1n) is 7.57. The lowest BCUT2D eigenvalue weighted by atomic mass is 10.1. The van der Waals surface area contributed by atoms with Crippen LogP contribution in [0, 0.1) is 5.82 Å². The molecule has 0 aliphatic heterocycles. The van der Waals surface area contributed by atoms with E-state index in [9.17, 15) is 4.39 Å². The summed E-state index contributed by atoms with van der Waals surface area (Å²) in [4.78, 5) is 0. The Hall–Kier alpha value is -1.75. The van der Waals surface area contributed by atoms with Gasteiger partial charge in [-0.05, 0) is 36.2 Å². The largest absolute Gasteiger partial charge is 0.375 e. The van der Waals surface area contributed by atoms with E-state index in [1.165, 1.54) is 12.1 Å². The van der Waals surface area contributed by atoms with E-state index in [2.05, 4.69) is 5.32 Å². The molecule has 3 N–H and O–H groups in total. The van der Waals surface area contributed by atoms with Gasteiger partial charge in [0.05, 0.1) is 13.2 Å². The Bertz CT molecular complexity index is 531. The van der Waals surface area contributed by atoms with Crippen molar-refractivity contribution in [1.29, 1.82) is 0 Å². The van der Waals surface area contributed by atoms with Gasteiger partial charge in [0.1, 0.15) is 5.82 Å². The number of nitrogens with one attached hydrogen (secondary N) is 1. The smallest absolute Gasteiger partial charge is 0.123 e. The van der Waals surface area contributed by atoms with Gasteiger partial charge in [0.25, 0.3) is 0 Å². The predicted molar refractivity (Wildman–Crippen MR) is 86.8 cm³/mol. The topological polar surface area (TPSA) is 47.3 Å². The summed E-state index contributed by atoms with van der Waals surface area (Å²) < 4.78 is 18.6. The van der Waals surface area contributed by atoms with Crippen LogP contribution in [0.2, 0.25) is 0 Å². The summed E-state index contributed by atoms with van der Waals surface area (Å²) in [5, 5.41) is 3.42. The van der Waals surface area contributed by atoms with Crippen molar-refractivity contribution >= 4 is 0 Å². The number of nitrogens with two attached hydrogens (primary N) is 1. The molecular formula is C18H23FN2O. The third-order valence-corrected chi connectivity index (χ3v) is 3.45. The van der Waals surface area contributed by atoms with Crippen LogP contribution in [-0.4, -0.2) is 19.2 Å². The normalized spacial score (nSPS) is 12.3. The van der Waals surface area contributed by atoms with E-state index in [0.717, 1.165) is 17.5 Å². The third-order valence-electron chi connectivity index (χ3n) is 3.45. The molecule has 0 bridgehead atoms. The van der Waals surface area contributed by atoms with Gasteiger partial charge in [-0.15, -0.1) is 0 Å². The van der Waals surface area contributed by atoms with Crippen molar-refractivity contribution in [3.05, 3.63) is 71.5 Å². The SMILES string of the molecule is NCCC(COCc1ccccc1)NCc1ccc(F)cc1. The van der Waals surface area contributed by atoms with E-state index in [1.54, 1.807) is 12.1 Å². The summed E-state index contributed by atoms with van der Waals surface area (Å²) in [5.41, 5.74) is 7.86. The van der Waals surface area contributed by atoms with Crippen LogP contribution >= 0.6 is 0 Å². The molecule has 1 unspecified atom stereocenters. The van der Waals surface area contributed by atoms with Crippen LogP contribution in [0.15, 0.2) is 54.6 Å². The highest BCUT2D eigenvalue weighted by Crippen LogP contribution is 2.05. The van der Waals surface area contributed by atoms with Crippen molar-refractivity contribution in [2.75, 3.05) is 13.2 Å². The van der Waals surface area contributed by atoms with Crippen LogP contribution in [0.5, 0.6) is 0 Å². The van der Waals surface area contributed by atoms with Crippen molar-refractivity contribution in [2.24, 2.45) is 5.73 Å². The second-order valence-electron chi connectivity index (χ2n) is 5.28. The van der Waals surface area contributed by atoms with Crippen LogP contribution in [0.3, 0.4) is 0 Å². The van der Waals surface area contributed by atoms with Crippen LogP contribution in [0.4, 0.5) is 4.39 Å². The Morgan fingerprint density at radius 3 is 2.41 bits per heavy atom. The Morgan fingerprint density at radius 1 is 1.00 bits per heavy atom. The molecule has 0 aromatic heterocycles. The van der Waals surface area contributed by atoms with Crippen LogP contribution in [-0.2, 0) is 17.9 Å². The molecule has 0 fully saturated rings. The molecule has 4 heteroatoms. The van der Waals surface area contributed by atoms with Crippen molar-refractivity contribution in [1.82, 2.24) is 5.32 Å². The number of ether oxygens (including phenoxy) is 1. The molecule has 0 aliphatic carbocycles. The maximum Gasteiger partial charge on any atom is 0.123 e. The first-order chi connectivity index (χ1) is 10.8. The molecule has 0 saturated heterocycles. The quantitative estimate of drug-likeness (QED) is 0.749. The molecule has 2 aromatic carbocycles. The zero-order valence-electron chi connectivity index (χ0n) is 12.7. The molecule has 0 spiro atoms. The van der Waals surface area contributed by atoms with Crippen molar-refractivity contribution in [3.8, 4) is 0 Å². The highest BCUT2D eigenvalue weighted by Gasteiger charge is 2.08. The summed E-state index contributed by atoms with van der Waals surface area (Å²) >= 11 is 0. The van der Waals surface area contributed by atoms with E-state index in [1.807, 2.05) is 30.3 Å². The maximum absolute atomic E-state index is 12.9. The minimum Gasteiger partial charge on any atom is -0.375 e.